The van der Waals surface area contributed by atoms with E-state index in [0.717, 1.165) is 12.3 Å². The van der Waals surface area contributed by atoms with Crippen molar-refractivity contribution < 1.29 is 13.5 Å². The second-order valence-corrected chi connectivity index (χ2v) is 6.33. The van der Waals surface area contributed by atoms with Gasteiger partial charge in [0.15, 0.2) is 17.4 Å². The highest BCUT2D eigenvalue weighted by molar-refractivity contribution is 9.08. The van der Waals surface area contributed by atoms with Gasteiger partial charge in [-0.15, -0.1) is 0 Å². The topological polar surface area (TPSA) is 9.23 Å². The van der Waals surface area contributed by atoms with Crippen LogP contribution in [0, 0.1) is 29.4 Å². The number of benzene rings is 1. The van der Waals surface area contributed by atoms with Crippen LogP contribution in [0.4, 0.5) is 8.78 Å². The van der Waals surface area contributed by atoms with Crippen LogP contribution in [0.1, 0.15) is 31.2 Å². The summed E-state index contributed by atoms with van der Waals surface area (Å²) in [5.41, 5.74) is 0.585. The van der Waals surface area contributed by atoms with Crippen molar-refractivity contribution in [3.63, 3.8) is 0 Å². The molecule has 1 nitrogen and oxygen atoms in total. The number of alkyl halides is 1. The van der Waals surface area contributed by atoms with Gasteiger partial charge in [0.05, 0.1) is 6.61 Å². The highest BCUT2D eigenvalue weighted by atomic mass is 79.9. The highest BCUT2D eigenvalue weighted by Crippen LogP contribution is 2.48. The minimum absolute atomic E-state index is 0.215. The summed E-state index contributed by atoms with van der Waals surface area (Å²) in [6.07, 6.45) is 5.02. The van der Waals surface area contributed by atoms with Gasteiger partial charge in [-0.2, -0.15) is 0 Å². The SMILES string of the molecule is Fc1cc(CBr)cc(F)c1OCC1CC2CCC1C2. The summed E-state index contributed by atoms with van der Waals surface area (Å²) in [6, 6.07) is 2.65. The van der Waals surface area contributed by atoms with E-state index in [0.29, 0.717) is 29.3 Å². The van der Waals surface area contributed by atoms with Crippen LogP contribution in [-0.4, -0.2) is 6.61 Å². The van der Waals surface area contributed by atoms with E-state index >= 15 is 0 Å². The normalized spacial score (nSPS) is 28.9. The molecule has 1 aromatic carbocycles. The Labute approximate surface area is 120 Å². The molecule has 0 aromatic heterocycles. The molecule has 2 fully saturated rings. The van der Waals surface area contributed by atoms with Crippen LogP contribution >= 0.6 is 15.9 Å². The van der Waals surface area contributed by atoms with Crippen LogP contribution in [0.5, 0.6) is 5.75 Å². The summed E-state index contributed by atoms with van der Waals surface area (Å²) >= 11 is 3.19. The fraction of sp³-hybridized carbons (Fsp3) is 0.600. The maximum Gasteiger partial charge on any atom is 0.190 e. The largest absolute Gasteiger partial charge is 0.487 e. The van der Waals surface area contributed by atoms with E-state index in [9.17, 15) is 8.78 Å². The molecule has 104 valence electrons. The van der Waals surface area contributed by atoms with Crippen molar-refractivity contribution in [2.45, 2.75) is 31.0 Å². The zero-order valence-corrected chi connectivity index (χ0v) is 12.3. The Bertz CT molecular complexity index is 454. The predicted octanol–water partition coefficient (Wildman–Crippen LogP) is 4.67. The van der Waals surface area contributed by atoms with Gasteiger partial charge in [0, 0.05) is 5.33 Å². The fourth-order valence-corrected chi connectivity index (χ4v) is 3.92. The van der Waals surface area contributed by atoms with E-state index in [1.54, 1.807) is 0 Å². The number of ether oxygens (including phenoxy) is 1. The summed E-state index contributed by atoms with van der Waals surface area (Å²) in [4.78, 5) is 0. The molecule has 0 radical (unpaired) electrons. The van der Waals surface area contributed by atoms with Crippen molar-refractivity contribution in [2.24, 2.45) is 17.8 Å². The first-order chi connectivity index (χ1) is 9.17. The molecule has 0 heterocycles. The van der Waals surface area contributed by atoms with E-state index in [1.165, 1.54) is 31.4 Å². The molecule has 0 spiro atoms. The zero-order chi connectivity index (χ0) is 13.4. The van der Waals surface area contributed by atoms with Gasteiger partial charge in [0.2, 0.25) is 0 Å². The monoisotopic (exact) mass is 330 g/mol. The molecule has 2 aliphatic rings. The molecule has 2 aliphatic carbocycles. The van der Waals surface area contributed by atoms with Crippen molar-refractivity contribution in [2.75, 3.05) is 6.61 Å². The van der Waals surface area contributed by atoms with E-state index < -0.39 is 11.6 Å². The van der Waals surface area contributed by atoms with E-state index in [2.05, 4.69) is 15.9 Å². The van der Waals surface area contributed by atoms with Gasteiger partial charge in [-0.05, 0) is 54.7 Å². The second-order valence-electron chi connectivity index (χ2n) is 5.77. The first kappa shape index (κ1) is 13.3. The Balaban J connectivity index is 1.67. The molecule has 0 N–H and O–H groups in total. The highest BCUT2D eigenvalue weighted by Gasteiger charge is 2.39. The molecular formula is C15H17BrF2O. The van der Waals surface area contributed by atoms with Crippen LogP contribution in [0.2, 0.25) is 0 Å². The van der Waals surface area contributed by atoms with Gasteiger partial charge in [0.25, 0.3) is 0 Å². The van der Waals surface area contributed by atoms with Crippen LogP contribution in [0.3, 0.4) is 0 Å². The van der Waals surface area contributed by atoms with Gasteiger partial charge in [-0.3, -0.25) is 0 Å². The number of hydrogen-bond donors (Lipinski definition) is 0. The maximum atomic E-state index is 13.8. The molecule has 3 unspecified atom stereocenters. The Hall–Kier alpha value is -0.640. The first-order valence-electron chi connectivity index (χ1n) is 6.84. The molecule has 3 atom stereocenters. The van der Waals surface area contributed by atoms with Crippen molar-refractivity contribution in [3.8, 4) is 5.75 Å². The summed E-state index contributed by atoms with van der Waals surface area (Å²) in [7, 11) is 0. The van der Waals surface area contributed by atoms with E-state index in [1.807, 2.05) is 0 Å². The molecule has 0 aliphatic heterocycles. The molecule has 0 amide bonds. The lowest BCUT2D eigenvalue weighted by Crippen LogP contribution is -2.19. The number of hydrogen-bond acceptors (Lipinski definition) is 1. The van der Waals surface area contributed by atoms with Crippen molar-refractivity contribution in [1.82, 2.24) is 0 Å². The minimum Gasteiger partial charge on any atom is -0.487 e. The Morgan fingerprint density at radius 2 is 1.89 bits per heavy atom. The second kappa shape index (κ2) is 5.39. The standard InChI is InChI=1S/C15H17BrF2O/c16-7-10-5-13(17)15(14(18)6-10)19-8-12-4-9-1-2-11(12)3-9/h5-6,9,11-12H,1-4,7-8H2. The molecule has 1 aromatic rings. The van der Waals surface area contributed by atoms with E-state index in [4.69, 9.17) is 4.74 Å². The van der Waals surface area contributed by atoms with Crippen LogP contribution in [0.15, 0.2) is 12.1 Å². The minimum atomic E-state index is -0.599. The number of halogens is 3. The lowest BCUT2D eigenvalue weighted by molar-refractivity contribution is 0.183. The van der Waals surface area contributed by atoms with Gasteiger partial charge in [-0.25, -0.2) is 8.78 Å². The van der Waals surface area contributed by atoms with Crippen molar-refractivity contribution in [1.29, 1.82) is 0 Å². The Morgan fingerprint density at radius 1 is 1.16 bits per heavy atom. The van der Waals surface area contributed by atoms with Crippen LogP contribution < -0.4 is 4.74 Å². The molecule has 4 heteroatoms. The lowest BCUT2D eigenvalue weighted by atomic mass is 9.89. The summed E-state index contributed by atoms with van der Waals surface area (Å²) < 4.78 is 33.0. The van der Waals surface area contributed by atoms with Crippen molar-refractivity contribution >= 4 is 15.9 Å². The third kappa shape index (κ3) is 2.64. The third-order valence-electron chi connectivity index (χ3n) is 4.54. The maximum absolute atomic E-state index is 13.8. The molecule has 2 saturated carbocycles. The van der Waals surface area contributed by atoms with Crippen LogP contribution in [-0.2, 0) is 5.33 Å². The fourth-order valence-electron chi connectivity index (χ4n) is 3.60. The average molecular weight is 331 g/mol. The molecule has 2 bridgehead atoms. The first-order valence-corrected chi connectivity index (χ1v) is 7.96. The number of fused-ring (bicyclic) bond motifs is 2. The molecule has 3 rings (SSSR count). The summed E-state index contributed by atoms with van der Waals surface area (Å²) in [5.74, 6) is 0.595. The summed E-state index contributed by atoms with van der Waals surface area (Å²) in [5, 5.41) is 0.438. The zero-order valence-electron chi connectivity index (χ0n) is 10.7. The van der Waals surface area contributed by atoms with Crippen molar-refractivity contribution in [3.05, 3.63) is 29.3 Å². The summed E-state index contributed by atoms with van der Waals surface area (Å²) in [6.45, 7) is 0.447. The Morgan fingerprint density at radius 3 is 2.42 bits per heavy atom. The third-order valence-corrected chi connectivity index (χ3v) is 5.19. The average Bonchev–Trinajstić information content (AvgIpc) is 2.99. The molecular weight excluding hydrogens is 314 g/mol. The van der Waals surface area contributed by atoms with Gasteiger partial charge >= 0.3 is 0 Å². The smallest absolute Gasteiger partial charge is 0.190 e. The molecule has 0 saturated heterocycles. The van der Waals surface area contributed by atoms with Crippen LogP contribution in [0.25, 0.3) is 0 Å². The predicted molar refractivity (Wildman–Crippen MR) is 73.4 cm³/mol. The van der Waals surface area contributed by atoms with Gasteiger partial charge in [-0.1, -0.05) is 22.4 Å². The van der Waals surface area contributed by atoms with E-state index in [-0.39, 0.29) is 5.75 Å². The lowest BCUT2D eigenvalue weighted by Gasteiger charge is -2.22. The number of rotatable bonds is 4. The Kier molecular flexibility index (Phi) is 3.79. The van der Waals surface area contributed by atoms with Gasteiger partial charge in [0.1, 0.15) is 0 Å². The van der Waals surface area contributed by atoms with Gasteiger partial charge < -0.3 is 4.74 Å². The quantitative estimate of drug-likeness (QED) is 0.728. The molecule has 19 heavy (non-hydrogen) atoms.